The van der Waals surface area contributed by atoms with E-state index in [9.17, 15) is 9.90 Å². The molecule has 0 radical (unpaired) electrons. The van der Waals surface area contributed by atoms with Crippen LogP contribution in [0.15, 0.2) is 18.2 Å². The van der Waals surface area contributed by atoms with Crippen molar-refractivity contribution in [2.24, 2.45) is 5.73 Å². The lowest BCUT2D eigenvalue weighted by atomic mass is 9.95. The second-order valence-corrected chi connectivity index (χ2v) is 4.07. The molecule has 1 atom stereocenters. The Hall–Kier alpha value is -1.59. The van der Waals surface area contributed by atoms with Gasteiger partial charge < -0.3 is 20.9 Å². The third-order valence-corrected chi connectivity index (χ3v) is 2.53. The van der Waals surface area contributed by atoms with Crippen molar-refractivity contribution in [3.8, 4) is 5.75 Å². The molecule has 4 N–H and O–H groups in total. The number of aliphatic hydroxyl groups is 1. The van der Waals surface area contributed by atoms with E-state index in [-0.39, 0.29) is 12.5 Å². The molecule has 0 fully saturated rings. The molecule has 17 heavy (non-hydrogen) atoms. The second kappa shape index (κ2) is 5.16. The third-order valence-electron chi connectivity index (χ3n) is 2.53. The predicted molar refractivity (Wildman–Crippen MR) is 65.9 cm³/mol. The first kappa shape index (κ1) is 13.5. The second-order valence-electron chi connectivity index (χ2n) is 4.07. The molecule has 0 aliphatic heterocycles. The number of methoxy groups -OCH3 is 1. The molecular weight excluding hydrogens is 220 g/mol. The Bertz CT molecular complexity index is 416. The lowest BCUT2D eigenvalue weighted by Gasteiger charge is -2.23. The van der Waals surface area contributed by atoms with E-state index in [2.05, 4.69) is 5.32 Å². The highest BCUT2D eigenvalue weighted by atomic mass is 16.5. The highest BCUT2D eigenvalue weighted by molar-refractivity contribution is 5.90. The van der Waals surface area contributed by atoms with Crippen LogP contribution in [0.2, 0.25) is 0 Å². The molecule has 0 aliphatic rings. The van der Waals surface area contributed by atoms with Crippen molar-refractivity contribution in [3.05, 3.63) is 23.8 Å². The van der Waals surface area contributed by atoms with Crippen LogP contribution < -0.4 is 15.8 Å². The number of ether oxygens (including phenoxy) is 1. The Morgan fingerprint density at radius 2 is 2.24 bits per heavy atom. The Labute approximate surface area is 101 Å². The number of nitrogens with two attached hydrogens (primary N) is 1. The summed E-state index contributed by atoms with van der Waals surface area (Å²) in [4.78, 5) is 11.1. The van der Waals surface area contributed by atoms with Gasteiger partial charge in [-0.3, -0.25) is 4.79 Å². The number of nitrogens with one attached hydrogen (secondary N) is 1. The first-order valence-electron chi connectivity index (χ1n) is 5.29. The molecule has 1 aromatic carbocycles. The van der Waals surface area contributed by atoms with Gasteiger partial charge in [0.15, 0.2) is 0 Å². The maximum absolute atomic E-state index is 11.1. The summed E-state index contributed by atoms with van der Waals surface area (Å²) in [7, 11) is 1.52. The van der Waals surface area contributed by atoms with Crippen LogP contribution in [0.25, 0.3) is 0 Å². The highest BCUT2D eigenvalue weighted by Crippen LogP contribution is 2.30. The molecule has 0 aromatic heterocycles. The summed E-state index contributed by atoms with van der Waals surface area (Å²) >= 11 is 0. The lowest BCUT2D eigenvalue weighted by molar-refractivity contribution is -0.114. The number of anilines is 1. The van der Waals surface area contributed by atoms with Crippen molar-refractivity contribution in [2.75, 3.05) is 19.0 Å². The molecule has 0 saturated heterocycles. The van der Waals surface area contributed by atoms with Crippen LogP contribution in [0.3, 0.4) is 0 Å². The van der Waals surface area contributed by atoms with Gasteiger partial charge in [-0.05, 0) is 24.6 Å². The zero-order valence-corrected chi connectivity index (χ0v) is 10.3. The zero-order valence-electron chi connectivity index (χ0n) is 10.3. The minimum absolute atomic E-state index is 0.0961. The molecular formula is C12H18N2O3. The number of rotatable bonds is 4. The fraction of sp³-hybridized carbons (Fsp3) is 0.417. The summed E-state index contributed by atoms with van der Waals surface area (Å²) < 4.78 is 5.12. The number of amides is 1. The monoisotopic (exact) mass is 238 g/mol. The lowest BCUT2D eigenvalue weighted by Crippen LogP contribution is -2.31. The van der Waals surface area contributed by atoms with Gasteiger partial charge in [-0.1, -0.05) is 6.07 Å². The molecule has 1 aromatic rings. The normalized spacial score (nSPS) is 13.9. The Balaban J connectivity index is 3.17. The van der Waals surface area contributed by atoms with Gasteiger partial charge in [-0.2, -0.15) is 0 Å². The quantitative estimate of drug-likeness (QED) is 0.725. The van der Waals surface area contributed by atoms with Gasteiger partial charge in [0, 0.05) is 13.5 Å². The minimum Gasteiger partial charge on any atom is -0.495 e. The van der Waals surface area contributed by atoms with Crippen molar-refractivity contribution >= 4 is 11.6 Å². The Morgan fingerprint density at radius 1 is 1.59 bits per heavy atom. The summed E-state index contributed by atoms with van der Waals surface area (Å²) in [6, 6.07) is 5.06. The number of benzene rings is 1. The van der Waals surface area contributed by atoms with Crippen LogP contribution in [0.1, 0.15) is 19.4 Å². The average molecular weight is 238 g/mol. The van der Waals surface area contributed by atoms with Crippen molar-refractivity contribution in [1.82, 2.24) is 0 Å². The van der Waals surface area contributed by atoms with Gasteiger partial charge in [0.2, 0.25) is 5.91 Å². The topological polar surface area (TPSA) is 84.6 Å². The molecule has 1 unspecified atom stereocenters. The molecule has 0 aliphatic carbocycles. The molecule has 1 amide bonds. The smallest absolute Gasteiger partial charge is 0.221 e. The van der Waals surface area contributed by atoms with E-state index in [4.69, 9.17) is 10.5 Å². The fourth-order valence-corrected chi connectivity index (χ4v) is 1.45. The van der Waals surface area contributed by atoms with E-state index < -0.39 is 5.60 Å². The molecule has 0 saturated carbocycles. The molecule has 94 valence electrons. The largest absolute Gasteiger partial charge is 0.495 e. The first-order valence-corrected chi connectivity index (χ1v) is 5.29. The van der Waals surface area contributed by atoms with Crippen molar-refractivity contribution in [3.63, 3.8) is 0 Å². The number of carbonyl (C=O) groups excluding carboxylic acids is 1. The zero-order chi connectivity index (χ0) is 13.1. The molecule has 0 bridgehead atoms. The van der Waals surface area contributed by atoms with Gasteiger partial charge in [-0.15, -0.1) is 0 Å². The van der Waals surface area contributed by atoms with E-state index in [0.717, 1.165) is 0 Å². The fourth-order valence-electron chi connectivity index (χ4n) is 1.45. The van der Waals surface area contributed by atoms with E-state index in [1.165, 1.54) is 14.0 Å². The average Bonchev–Trinajstić information content (AvgIpc) is 2.28. The van der Waals surface area contributed by atoms with E-state index in [1.807, 2.05) is 0 Å². The Kier molecular flexibility index (Phi) is 4.09. The standard InChI is InChI=1S/C12H18N2O3/c1-8(15)14-10-6-9(12(2,16)7-13)4-5-11(10)17-3/h4-6,16H,7,13H2,1-3H3,(H,14,15). The summed E-state index contributed by atoms with van der Waals surface area (Å²) in [5, 5.41) is 12.7. The van der Waals surface area contributed by atoms with Gasteiger partial charge in [0.05, 0.1) is 18.4 Å². The van der Waals surface area contributed by atoms with Crippen molar-refractivity contribution < 1.29 is 14.6 Å². The van der Waals surface area contributed by atoms with Crippen LogP contribution in [0, 0.1) is 0 Å². The summed E-state index contributed by atoms with van der Waals surface area (Å²) in [6.07, 6.45) is 0. The van der Waals surface area contributed by atoms with E-state index in [0.29, 0.717) is 17.0 Å². The van der Waals surface area contributed by atoms with Gasteiger partial charge in [0.1, 0.15) is 5.75 Å². The van der Waals surface area contributed by atoms with Crippen LogP contribution in [0.4, 0.5) is 5.69 Å². The number of carbonyl (C=O) groups is 1. The van der Waals surface area contributed by atoms with E-state index >= 15 is 0 Å². The maximum Gasteiger partial charge on any atom is 0.221 e. The maximum atomic E-state index is 11.1. The van der Waals surface area contributed by atoms with Gasteiger partial charge >= 0.3 is 0 Å². The highest BCUT2D eigenvalue weighted by Gasteiger charge is 2.22. The molecule has 0 spiro atoms. The minimum atomic E-state index is -1.13. The van der Waals surface area contributed by atoms with Crippen LogP contribution >= 0.6 is 0 Å². The SMILES string of the molecule is COc1ccc(C(C)(O)CN)cc1NC(C)=O. The van der Waals surface area contributed by atoms with Crippen LogP contribution in [0.5, 0.6) is 5.75 Å². The predicted octanol–water partition coefficient (Wildman–Crippen LogP) is 0.820. The first-order chi connectivity index (χ1) is 7.90. The third kappa shape index (κ3) is 3.18. The Morgan fingerprint density at radius 3 is 2.71 bits per heavy atom. The summed E-state index contributed by atoms with van der Waals surface area (Å²) in [5.74, 6) is 0.338. The van der Waals surface area contributed by atoms with Crippen molar-refractivity contribution in [1.29, 1.82) is 0 Å². The van der Waals surface area contributed by atoms with Gasteiger partial charge in [-0.25, -0.2) is 0 Å². The number of hydrogen-bond acceptors (Lipinski definition) is 4. The van der Waals surface area contributed by atoms with Crippen molar-refractivity contribution in [2.45, 2.75) is 19.4 Å². The van der Waals surface area contributed by atoms with Gasteiger partial charge in [0.25, 0.3) is 0 Å². The molecule has 5 nitrogen and oxygen atoms in total. The summed E-state index contributed by atoms with van der Waals surface area (Å²) in [6.45, 7) is 3.12. The van der Waals surface area contributed by atoms with E-state index in [1.54, 1.807) is 25.1 Å². The van der Waals surface area contributed by atoms with Crippen LogP contribution in [-0.2, 0) is 10.4 Å². The molecule has 0 heterocycles. The summed E-state index contributed by atoms with van der Waals surface area (Å²) in [5.41, 5.74) is 5.51. The molecule has 1 rings (SSSR count). The number of hydrogen-bond donors (Lipinski definition) is 3. The van der Waals surface area contributed by atoms with Crippen LogP contribution in [-0.4, -0.2) is 24.7 Å². The molecule has 5 heteroatoms.